The van der Waals surface area contributed by atoms with E-state index in [-0.39, 0.29) is 12.2 Å². The Morgan fingerprint density at radius 1 is 1.19 bits per heavy atom. The molecule has 3 rings (SSSR count). The molecule has 1 aliphatic rings. The fourth-order valence-corrected chi connectivity index (χ4v) is 3.43. The van der Waals surface area contributed by atoms with Gasteiger partial charge in [-0.25, -0.2) is 4.79 Å². The Morgan fingerprint density at radius 2 is 2.04 bits per heavy atom. The summed E-state index contributed by atoms with van der Waals surface area (Å²) < 4.78 is 12.9. The summed E-state index contributed by atoms with van der Waals surface area (Å²) in [5, 5.41) is 0. The lowest BCUT2D eigenvalue weighted by molar-refractivity contribution is 0.0465. The van der Waals surface area contributed by atoms with Crippen LogP contribution in [0.4, 0.5) is 0 Å². The topological polar surface area (TPSA) is 57.5 Å². The summed E-state index contributed by atoms with van der Waals surface area (Å²) in [7, 11) is 0. The van der Waals surface area contributed by atoms with Gasteiger partial charge in [-0.3, -0.25) is 4.79 Å². The molecule has 2 heterocycles. The fourth-order valence-electron chi connectivity index (χ4n) is 3.43. The second kappa shape index (κ2) is 8.21. The normalized spacial score (nSPS) is 13.6. The van der Waals surface area contributed by atoms with E-state index in [1.54, 1.807) is 4.57 Å². The molecule has 1 aliphatic heterocycles. The zero-order valence-corrected chi connectivity index (χ0v) is 15.4. The first-order valence-electron chi connectivity index (χ1n) is 9.22. The van der Waals surface area contributed by atoms with Crippen molar-refractivity contribution in [3.63, 3.8) is 0 Å². The van der Waals surface area contributed by atoms with Crippen LogP contribution in [-0.2, 0) is 24.3 Å². The van der Waals surface area contributed by atoms with Gasteiger partial charge in [0.25, 0.3) is 5.56 Å². The highest BCUT2D eigenvalue weighted by Crippen LogP contribution is 2.26. The second-order valence-electron chi connectivity index (χ2n) is 6.63. The van der Waals surface area contributed by atoms with Crippen LogP contribution in [0.1, 0.15) is 53.4 Å². The lowest BCUT2D eigenvalue weighted by Crippen LogP contribution is -2.26. The Bertz CT molecular complexity index is 854. The molecule has 0 aliphatic carbocycles. The predicted molar refractivity (Wildman–Crippen MR) is 99.7 cm³/mol. The molecule has 0 spiro atoms. The molecule has 0 N–H and O–H groups in total. The van der Waals surface area contributed by atoms with Gasteiger partial charge in [-0.05, 0) is 38.7 Å². The van der Waals surface area contributed by atoms with E-state index >= 15 is 0 Å². The van der Waals surface area contributed by atoms with Crippen LogP contribution >= 0.6 is 0 Å². The van der Waals surface area contributed by atoms with Gasteiger partial charge in [-0.15, -0.1) is 0 Å². The van der Waals surface area contributed by atoms with Crippen LogP contribution in [0.25, 0.3) is 0 Å². The van der Waals surface area contributed by atoms with Gasteiger partial charge in [-0.2, -0.15) is 0 Å². The van der Waals surface area contributed by atoms with E-state index in [1.165, 1.54) is 6.07 Å². The number of carbonyl (C=O) groups is 1. The molecule has 26 heavy (non-hydrogen) atoms. The van der Waals surface area contributed by atoms with Gasteiger partial charge in [0.15, 0.2) is 0 Å². The highest BCUT2D eigenvalue weighted by molar-refractivity contribution is 5.93. The van der Waals surface area contributed by atoms with Gasteiger partial charge in [0.1, 0.15) is 17.9 Å². The van der Waals surface area contributed by atoms with E-state index in [9.17, 15) is 9.59 Å². The summed E-state index contributed by atoms with van der Waals surface area (Å²) in [6.07, 6.45) is 3.62. The Hall–Kier alpha value is -2.56. The third-order valence-corrected chi connectivity index (χ3v) is 4.63. The number of pyridine rings is 1. The Balaban J connectivity index is 1.93. The summed E-state index contributed by atoms with van der Waals surface area (Å²) in [4.78, 5) is 25.3. The van der Waals surface area contributed by atoms with E-state index < -0.39 is 5.97 Å². The molecule has 0 fully saturated rings. The van der Waals surface area contributed by atoms with E-state index in [4.69, 9.17) is 9.47 Å². The molecular weight excluding hydrogens is 330 g/mol. The Kier molecular flexibility index (Phi) is 5.76. The minimum atomic E-state index is -0.430. The maximum Gasteiger partial charge on any atom is 0.344 e. The van der Waals surface area contributed by atoms with Crippen molar-refractivity contribution >= 4 is 5.97 Å². The van der Waals surface area contributed by atoms with Crippen LogP contribution in [-0.4, -0.2) is 17.1 Å². The fraction of sp³-hybridized carbons (Fsp3) is 0.429. The number of rotatable bonds is 5. The molecule has 5 nitrogen and oxygen atoms in total. The number of aromatic nitrogens is 1. The number of aryl methyl sites for hydroxylation is 1. The number of ether oxygens (including phenoxy) is 2. The zero-order chi connectivity index (χ0) is 18.5. The number of fused-ring (bicyclic) bond motifs is 1. The lowest BCUT2D eigenvalue weighted by Gasteiger charge is -2.17. The van der Waals surface area contributed by atoms with E-state index in [0.717, 1.165) is 36.1 Å². The standard InChI is InChI=1S/C21H25NO4/c1-3-25-18-13-19(23)22-11-6-4-5-10-17(22)20(18)21(24)26-14-16-9-7-8-15(2)12-16/h7-9,12-13H,3-6,10-11,14H2,1-2H3. The third-order valence-electron chi connectivity index (χ3n) is 4.63. The molecule has 1 aromatic heterocycles. The molecular formula is C21H25NO4. The van der Waals surface area contributed by atoms with Crippen molar-refractivity contribution in [1.82, 2.24) is 4.57 Å². The number of carbonyl (C=O) groups excluding carboxylic acids is 1. The molecule has 0 saturated carbocycles. The molecule has 5 heteroatoms. The Morgan fingerprint density at radius 3 is 2.81 bits per heavy atom. The number of esters is 1. The number of benzene rings is 1. The van der Waals surface area contributed by atoms with Crippen LogP contribution in [0.2, 0.25) is 0 Å². The van der Waals surface area contributed by atoms with Crippen LogP contribution in [0.3, 0.4) is 0 Å². The average molecular weight is 355 g/mol. The van der Waals surface area contributed by atoms with E-state index in [2.05, 4.69) is 0 Å². The van der Waals surface area contributed by atoms with Crippen molar-refractivity contribution in [3.05, 3.63) is 63.1 Å². The van der Waals surface area contributed by atoms with E-state index in [1.807, 2.05) is 38.1 Å². The van der Waals surface area contributed by atoms with Crippen molar-refractivity contribution in [2.75, 3.05) is 6.61 Å². The summed E-state index contributed by atoms with van der Waals surface area (Å²) in [6.45, 7) is 5.07. The van der Waals surface area contributed by atoms with Crippen molar-refractivity contribution in [3.8, 4) is 5.75 Å². The molecule has 0 radical (unpaired) electrons. The average Bonchev–Trinajstić information content (AvgIpc) is 2.87. The van der Waals surface area contributed by atoms with Gasteiger partial charge in [0, 0.05) is 18.3 Å². The summed E-state index contributed by atoms with van der Waals surface area (Å²) in [5.41, 5.74) is 3.10. The highest BCUT2D eigenvalue weighted by atomic mass is 16.5. The Labute approximate surface area is 153 Å². The van der Waals surface area contributed by atoms with Gasteiger partial charge < -0.3 is 14.0 Å². The minimum absolute atomic E-state index is 0.111. The first-order valence-corrected chi connectivity index (χ1v) is 9.22. The first kappa shape index (κ1) is 18.2. The van der Waals surface area contributed by atoms with Crippen LogP contribution < -0.4 is 10.3 Å². The summed E-state index contributed by atoms with van der Waals surface area (Å²) in [6, 6.07) is 9.29. The molecule has 0 amide bonds. The molecule has 0 bridgehead atoms. The summed E-state index contributed by atoms with van der Waals surface area (Å²) in [5.74, 6) is -0.0968. The maximum absolute atomic E-state index is 12.9. The van der Waals surface area contributed by atoms with Gasteiger partial charge in [-0.1, -0.05) is 36.2 Å². The van der Waals surface area contributed by atoms with Gasteiger partial charge in [0.05, 0.1) is 6.61 Å². The van der Waals surface area contributed by atoms with Crippen molar-refractivity contribution < 1.29 is 14.3 Å². The van der Waals surface area contributed by atoms with E-state index in [0.29, 0.717) is 30.9 Å². The number of hydrogen-bond donors (Lipinski definition) is 0. The SMILES string of the molecule is CCOc1cc(=O)n2c(c1C(=O)OCc1cccc(C)c1)CCCCC2. The summed E-state index contributed by atoms with van der Waals surface area (Å²) >= 11 is 0. The second-order valence-corrected chi connectivity index (χ2v) is 6.63. The number of nitrogens with zero attached hydrogens (tertiary/aromatic N) is 1. The lowest BCUT2D eigenvalue weighted by atomic mass is 10.1. The first-order chi connectivity index (χ1) is 12.6. The van der Waals surface area contributed by atoms with Crippen molar-refractivity contribution in [2.45, 2.75) is 52.7 Å². The zero-order valence-electron chi connectivity index (χ0n) is 15.4. The highest BCUT2D eigenvalue weighted by Gasteiger charge is 2.24. The molecule has 2 aromatic rings. The molecule has 0 saturated heterocycles. The van der Waals surface area contributed by atoms with Crippen LogP contribution in [0, 0.1) is 6.92 Å². The smallest absolute Gasteiger partial charge is 0.344 e. The van der Waals surface area contributed by atoms with Gasteiger partial charge >= 0.3 is 5.97 Å². The third kappa shape index (κ3) is 3.98. The number of hydrogen-bond acceptors (Lipinski definition) is 4. The molecule has 138 valence electrons. The van der Waals surface area contributed by atoms with Crippen molar-refractivity contribution in [2.24, 2.45) is 0 Å². The predicted octanol–water partition coefficient (Wildman–Crippen LogP) is 3.64. The van der Waals surface area contributed by atoms with Crippen LogP contribution in [0.5, 0.6) is 5.75 Å². The van der Waals surface area contributed by atoms with Crippen molar-refractivity contribution in [1.29, 1.82) is 0 Å². The van der Waals surface area contributed by atoms with Crippen LogP contribution in [0.15, 0.2) is 35.1 Å². The quantitative estimate of drug-likeness (QED) is 0.769. The minimum Gasteiger partial charge on any atom is -0.493 e. The van der Waals surface area contributed by atoms with Gasteiger partial charge in [0.2, 0.25) is 0 Å². The largest absolute Gasteiger partial charge is 0.493 e. The molecule has 0 unspecified atom stereocenters. The molecule has 0 atom stereocenters. The molecule has 1 aromatic carbocycles. The monoisotopic (exact) mass is 355 g/mol. The maximum atomic E-state index is 12.9.